The first-order valence-corrected chi connectivity index (χ1v) is 9.60. The van der Waals surface area contributed by atoms with Crippen molar-refractivity contribution in [1.82, 2.24) is 16.2 Å². The molecule has 0 aromatic heterocycles. The maximum absolute atomic E-state index is 12.8. The van der Waals surface area contributed by atoms with Gasteiger partial charge >= 0.3 is 0 Å². The number of hydrogen-bond donors (Lipinski definition) is 3. The molecule has 2 aromatic rings. The van der Waals surface area contributed by atoms with Crippen LogP contribution in [0.2, 0.25) is 5.02 Å². The lowest BCUT2D eigenvalue weighted by molar-refractivity contribution is -0.125. The van der Waals surface area contributed by atoms with Gasteiger partial charge in [0.05, 0.1) is 23.6 Å². The van der Waals surface area contributed by atoms with E-state index in [4.69, 9.17) is 25.8 Å². The highest BCUT2D eigenvalue weighted by atomic mass is 35.5. The summed E-state index contributed by atoms with van der Waals surface area (Å²) in [6, 6.07) is 11.1. The summed E-state index contributed by atoms with van der Waals surface area (Å²) in [5.41, 5.74) is 8.13. The average molecular weight is 404 g/mol. The highest BCUT2D eigenvalue weighted by Crippen LogP contribution is 2.33. The van der Waals surface area contributed by atoms with Crippen LogP contribution in [0.25, 0.3) is 0 Å². The lowest BCUT2D eigenvalue weighted by Gasteiger charge is -2.19. The molecule has 1 saturated heterocycles. The molecule has 3 N–H and O–H groups in total. The number of rotatable bonds is 6. The molecule has 0 saturated carbocycles. The van der Waals surface area contributed by atoms with E-state index < -0.39 is 0 Å². The van der Waals surface area contributed by atoms with Crippen molar-refractivity contribution < 1.29 is 19.0 Å². The van der Waals surface area contributed by atoms with Crippen molar-refractivity contribution in [2.45, 2.75) is 19.5 Å². The molecular formula is C20H22ClN3O4. The summed E-state index contributed by atoms with van der Waals surface area (Å²) >= 11 is 6.31. The fraction of sp³-hybridized carbons (Fsp3) is 0.350. The summed E-state index contributed by atoms with van der Waals surface area (Å²) in [5, 5.41) is 3.54. The Morgan fingerprint density at radius 1 is 1.25 bits per heavy atom. The second-order valence-electron chi connectivity index (χ2n) is 6.64. The predicted molar refractivity (Wildman–Crippen MR) is 104 cm³/mol. The summed E-state index contributed by atoms with van der Waals surface area (Å²) < 4.78 is 16.2. The molecule has 2 aliphatic rings. The Hall–Kier alpha value is -2.48. The number of ether oxygens (including phenoxy) is 3. The lowest BCUT2D eigenvalue weighted by Crippen LogP contribution is -2.34. The highest BCUT2D eigenvalue weighted by Gasteiger charge is 2.34. The van der Waals surface area contributed by atoms with Crippen molar-refractivity contribution in [3.05, 3.63) is 52.5 Å². The summed E-state index contributed by atoms with van der Waals surface area (Å²) in [6.07, 6.45) is 0. The molecular weight excluding hydrogens is 382 g/mol. The zero-order valence-corrected chi connectivity index (χ0v) is 16.2. The van der Waals surface area contributed by atoms with Gasteiger partial charge in [-0.15, -0.1) is 0 Å². The molecule has 0 aliphatic carbocycles. The van der Waals surface area contributed by atoms with E-state index in [0.717, 1.165) is 16.9 Å². The topological polar surface area (TPSA) is 80.9 Å². The first kappa shape index (κ1) is 18.9. The third kappa shape index (κ3) is 3.87. The standard InChI is InChI=1S/C20H22ClN3O4/c1-2-26-16-6-4-13(8-15(16)21)19-14(10-23-24-19)20(25)22-9-12-3-5-17-18(7-12)28-11-27-17/h3-8,14,19,23-24H,2,9-11H2,1H3,(H,22,25). The highest BCUT2D eigenvalue weighted by molar-refractivity contribution is 6.32. The van der Waals surface area contributed by atoms with E-state index in [0.29, 0.717) is 36.2 Å². The molecule has 7 nitrogen and oxygen atoms in total. The van der Waals surface area contributed by atoms with Gasteiger partial charge in [0.1, 0.15) is 5.75 Å². The Balaban J connectivity index is 1.41. The Morgan fingerprint density at radius 2 is 2.11 bits per heavy atom. The SMILES string of the molecule is CCOc1ccc(C2NNCC2C(=O)NCc2ccc3c(c2)OCO3)cc1Cl. The number of hydrazine groups is 1. The molecule has 2 aliphatic heterocycles. The summed E-state index contributed by atoms with van der Waals surface area (Å²) in [5.74, 6) is 1.78. The van der Waals surface area contributed by atoms with Crippen LogP contribution >= 0.6 is 11.6 Å². The molecule has 1 amide bonds. The van der Waals surface area contributed by atoms with Crippen LogP contribution in [0.1, 0.15) is 24.1 Å². The van der Waals surface area contributed by atoms with E-state index in [9.17, 15) is 4.79 Å². The minimum atomic E-state index is -0.261. The van der Waals surface area contributed by atoms with Crippen LogP contribution < -0.4 is 30.4 Å². The molecule has 2 heterocycles. The van der Waals surface area contributed by atoms with Crippen molar-refractivity contribution >= 4 is 17.5 Å². The van der Waals surface area contributed by atoms with Gasteiger partial charge in [-0.25, -0.2) is 5.43 Å². The zero-order valence-electron chi connectivity index (χ0n) is 15.5. The van der Waals surface area contributed by atoms with Gasteiger partial charge in [0.2, 0.25) is 12.7 Å². The molecule has 4 rings (SSSR count). The second-order valence-corrected chi connectivity index (χ2v) is 7.04. The van der Waals surface area contributed by atoms with Crippen LogP contribution in [0.4, 0.5) is 0 Å². The Kier molecular flexibility index (Phi) is 5.57. The van der Waals surface area contributed by atoms with E-state index in [-0.39, 0.29) is 24.7 Å². The third-order valence-electron chi connectivity index (χ3n) is 4.84. The number of hydrogen-bond acceptors (Lipinski definition) is 6. The lowest BCUT2D eigenvalue weighted by atomic mass is 9.94. The van der Waals surface area contributed by atoms with Gasteiger partial charge in [-0.1, -0.05) is 23.7 Å². The van der Waals surface area contributed by atoms with Gasteiger partial charge in [0.25, 0.3) is 0 Å². The maximum Gasteiger partial charge on any atom is 0.231 e. The second kappa shape index (κ2) is 8.26. The normalized spacial score (nSPS) is 20.2. The van der Waals surface area contributed by atoms with Crippen LogP contribution in [0, 0.1) is 5.92 Å². The van der Waals surface area contributed by atoms with Crippen molar-refractivity contribution in [2.75, 3.05) is 19.9 Å². The Morgan fingerprint density at radius 3 is 2.93 bits per heavy atom. The number of nitrogens with one attached hydrogen (secondary N) is 3. The first-order chi connectivity index (χ1) is 13.7. The number of fused-ring (bicyclic) bond motifs is 1. The van der Waals surface area contributed by atoms with Crippen LogP contribution in [0.15, 0.2) is 36.4 Å². The van der Waals surface area contributed by atoms with E-state index in [1.54, 1.807) is 0 Å². The number of carbonyl (C=O) groups is 1. The Labute approximate surface area is 168 Å². The molecule has 0 radical (unpaired) electrons. The number of carbonyl (C=O) groups excluding carboxylic acids is 1. The number of amides is 1. The fourth-order valence-corrected chi connectivity index (χ4v) is 3.65. The fourth-order valence-electron chi connectivity index (χ4n) is 3.41. The van der Waals surface area contributed by atoms with E-state index >= 15 is 0 Å². The van der Waals surface area contributed by atoms with E-state index in [1.807, 2.05) is 43.3 Å². The maximum atomic E-state index is 12.8. The summed E-state index contributed by atoms with van der Waals surface area (Å²) in [6.45, 7) is 3.64. The minimum absolute atomic E-state index is 0.0369. The number of halogens is 1. The van der Waals surface area contributed by atoms with Crippen molar-refractivity contribution in [3.8, 4) is 17.2 Å². The predicted octanol–water partition coefficient (Wildman–Crippen LogP) is 2.55. The molecule has 8 heteroatoms. The van der Waals surface area contributed by atoms with Gasteiger partial charge in [0, 0.05) is 13.1 Å². The molecule has 0 bridgehead atoms. The molecule has 28 heavy (non-hydrogen) atoms. The third-order valence-corrected chi connectivity index (χ3v) is 5.13. The van der Waals surface area contributed by atoms with Gasteiger partial charge in [-0.2, -0.15) is 0 Å². The quantitative estimate of drug-likeness (QED) is 0.687. The van der Waals surface area contributed by atoms with Crippen molar-refractivity contribution in [1.29, 1.82) is 0 Å². The molecule has 148 valence electrons. The van der Waals surface area contributed by atoms with Crippen molar-refractivity contribution in [2.24, 2.45) is 5.92 Å². The monoisotopic (exact) mass is 403 g/mol. The van der Waals surface area contributed by atoms with Crippen LogP contribution in [-0.2, 0) is 11.3 Å². The smallest absolute Gasteiger partial charge is 0.231 e. The minimum Gasteiger partial charge on any atom is -0.492 e. The van der Waals surface area contributed by atoms with Gasteiger partial charge in [-0.3, -0.25) is 10.2 Å². The Bertz CT molecular complexity index is 877. The molecule has 1 fully saturated rings. The zero-order chi connectivity index (χ0) is 19.5. The largest absolute Gasteiger partial charge is 0.492 e. The summed E-state index contributed by atoms with van der Waals surface area (Å²) in [4.78, 5) is 12.8. The molecule has 2 unspecified atom stereocenters. The van der Waals surface area contributed by atoms with Crippen LogP contribution in [-0.4, -0.2) is 25.9 Å². The van der Waals surface area contributed by atoms with Gasteiger partial charge in [0.15, 0.2) is 11.5 Å². The van der Waals surface area contributed by atoms with Gasteiger partial charge < -0.3 is 19.5 Å². The average Bonchev–Trinajstić information content (AvgIpc) is 3.36. The molecule has 0 spiro atoms. The van der Waals surface area contributed by atoms with Crippen LogP contribution in [0.5, 0.6) is 17.2 Å². The van der Waals surface area contributed by atoms with Crippen LogP contribution in [0.3, 0.4) is 0 Å². The van der Waals surface area contributed by atoms with Gasteiger partial charge in [-0.05, 0) is 42.3 Å². The van der Waals surface area contributed by atoms with Crippen molar-refractivity contribution in [3.63, 3.8) is 0 Å². The number of benzene rings is 2. The summed E-state index contributed by atoms with van der Waals surface area (Å²) in [7, 11) is 0. The van der Waals surface area contributed by atoms with E-state index in [1.165, 1.54) is 0 Å². The molecule has 2 aromatic carbocycles. The first-order valence-electron chi connectivity index (χ1n) is 9.22. The molecule has 2 atom stereocenters. The van der Waals surface area contributed by atoms with E-state index in [2.05, 4.69) is 16.2 Å².